The number of nitrogens with zero attached hydrogens (tertiary/aromatic N) is 1. The van der Waals surface area contributed by atoms with Crippen LogP contribution < -0.4 is 5.32 Å². The van der Waals surface area contributed by atoms with E-state index in [4.69, 9.17) is 0 Å². The first-order valence-electron chi connectivity index (χ1n) is 9.53. The molecule has 4 aromatic rings. The smallest absolute Gasteiger partial charge is 0.225 e. The van der Waals surface area contributed by atoms with Crippen molar-refractivity contribution in [1.82, 2.24) is 15.3 Å². The molecule has 0 bridgehead atoms. The van der Waals surface area contributed by atoms with E-state index in [1.807, 2.05) is 0 Å². The van der Waals surface area contributed by atoms with Crippen LogP contribution in [0.4, 0.5) is 8.78 Å². The molecule has 0 fully saturated rings. The fourth-order valence-corrected chi connectivity index (χ4v) is 4.10. The number of fused-ring (bicyclic) bond motifs is 1. The van der Waals surface area contributed by atoms with Crippen LogP contribution in [0.2, 0.25) is 0 Å². The lowest BCUT2D eigenvalue weighted by Crippen LogP contribution is -2.32. The number of H-pyrrole nitrogens is 1. The molecule has 31 heavy (non-hydrogen) atoms. The number of nitrogens with one attached hydrogen (secondary N) is 2. The highest BCUT2D eigenvalue weighted by Gasteiger charge is 2.21. The van der Waals surface area contributed by atoms with Crippen LogP contribution in [0.3, 0.4) is 0 Å². The molecule has 0 aliphatic rings. The van der Waals surface area contributed by atoms with Crippen LogP contribution in [-0.4, -0.2) is 21.0 Å². The maximum absolute atomic E-state index is 13.7. The van der Waals surface area contributed by atoms with Crippen molar-refractivity contribution in [2.45, 2.75) is 18.9 Å². The normalized spacial score (nSPS) is 12.1. The number of carbonyl (C=O) groups excluding carboxylic acids is 1. The summed E-state index contributed by atoms with van der Waals surface area (Å²) in [6.07, 6.45) is 3.53. The van der Waals surface area contributed by atoms with E-state index in [1.54, 1.807) is 42.7 Å². The number of hydrogen-bond acceptors (Lipinski definition) is 3. The number of aromatic hydroxyl groups is 1. The van der Waals surface area contributed by atoms with E-state index in [1.165, 1.54) is 12.1 Å². The Hall–Kier alpha value is -3.26. The molecular weight excluding hydrogens is 468 g/mol. The lowest BCUT2D eigenvalue weighted by Gasteiger charge is -2.20. The molecule has 0 aliphatic heterocycles. The summed E-state index contributed by atoms with van der Waals surface area (Å²) in [5.41, 5.74) is 2.48. The Morgan fingerprint density at radius 2 is 1.94 bits per heavy atom. The van der Waals surface area contributed by atoms with Crippen molar-refractivity contribution < 1.29 is 18.7 Å². The van der Waals surface area contributed by atoms with Gasteiger partial charge in [-0.05, 0) is 75.9 Å². The molecule has 0 spiro atoms. The van der Waals surface area contributed by atoms with Gasteiger partial charge in [0.25, 0.3) is 0 Å². The zero-order valence-electron chi connectivity index (χ0n) is 16.2. The van der Waals surface area contributed by atoms with Crippen molar-refractivity contribution in [3.8, 4) is 5.75 Å². The molecular formula is C23H18BrF2N3O2. The van der Waals surface area contributed by atoms with Crippen LogP contribution in [0.25, 0.3) is 10.9 Å². The summed E-state index contributed by atoms with van der Waals surface area (Å²) in [6.45, 7) is 0. The van der Waals surface area contributed by atoms with E-state index in [0.717, 1.165) is 22.5 Å². The molecule has 2 aromatic carbocycles. The van der Waals surface area contributed by atoms with Gasteiger partial charge in [0.1, 0.15) is 17.4 Å². The van der Waals surface area contributed by atoms with Crippen molar-refractivity contribution in [2.24, 2.45) is 0 Å². The molecule has 0 saturated carbocycles. The minimum Gasteiger partial charge on any atom is -0.508 e. The quantitative estimate of drug-likeness (QED) is 0.361. The standard InChI is InChI=1S/C23H18BrF2N3O2/c24-19-2-1-5-27-23(19)21(8-13-6-15(25)10-16(26)7-13)29-22(31)9-14-12-28-20-4-3-17(30)11-18(14)20/h1-7,10-12,21,28,30H,8-9H2,(H,29,31). The molecule has 0 aliphatic carbocycles. The van der Waals surface area contributed by atoms with Crippen molar-refractivity contribution in [3.63, 3.8) is 0 Å². The first-order chi connectivity index (χ1) is 14.9. The lowest BCUT2D eigenvalue weighted by atomic mass is 10.0. The predicted octanol–water partition coefficient (Wildman–Crippen LogP) is 4.95. The van der Waals surface area contributed by atoms with Gasteiger partial charge < -0.3 is 15.4 Å². The first kappa shape index (κ1) is 21.0. The molecule has 0 radical (unpaired) electrons. The summed E-state index contributed by atoms with van der Waals surface area (Å²) in [6, 6.07) is 11.1. The van der Waals surface area contributed by atoms with E-state index in [0.29, 0.717) is 15.7 Å². The third-order valence-corrected chi connectivity index (χ3v) is 5.59. The van der Waals surface area contributed by atoms with Gasteiger partial charge in [-0.2, -0.15) is 0 Å². The Bertz CT molecular complexity index is 1240. The molecule has 3 N–H and O–H groups in total. The van der Waals surface area contributed by atoms with Crippen LogP contribution in [0.1, 0.15) is 22.9 Å². The number of hydrogen-bond donors (Lipinski definition) is 3. The largest absolute Gasteiger partial charge is 0.508 e. The number of phenolic OH excluding ortho intramolecular Hbond substituents is 1. The monoisotopic (exact) mass is 485 g/mol. The van der Waals surface area contributed by atoms with Gasteiger partial charge >= 0.3 is 0 Å². The summed E-state index contributed by atoms with van der Waals surface area (Å²) < 4.78 is 28.0. The minimum atomic E-state index is -0.682. The van der Waals surface area contributed by atoms with Crippen molar-refractivity contribution in [2.75, 3.05) is 0 Å². The Morgan fingerprint density at radius 1 is 1.16 bits per heavy atom. The number of benzene rings is 2. The number of amides is 1. The molecule has 1 atom stereocenters. The Morgan fingerprint density at radius 3 is 2.68 bits per heavy atom. The van der Waals surface area contributed by atoms with Gasteiger partial charge in [-0.25, -0.2) is 8.78 Å². The topological polar surface area (TPSA) is 78.0 Å². The van der Waals surface area contributed by atoms with Gasteiger partial charge in [0, 0.05) is 33.8 Å². The van der Waals surface area contributed by atoms with Gasteiger partial charge in [-0.15, -0.1) is 0 Å². The Labute approximate surface area is 185 Å². The molecule has 2 heterocycles. The summed E-state index contributed by atoms with van der Waals surface area (Å²) >= 11 is 3.44. The molecule has 8 heteroatoms. The highest BCUT2D eigenvalue weighted by molar-refractivity contribution is 9.10. The van der Waals surface area contributed by atoms with Crippen LogP contribution in [-0.2, 0) is 17.6 Å². The van der Waals surface area contributed by atoms with Gasteiger partial charge in [0.05, 0.1) is 18.2 Å². The second-order valence-electron chi connectivity index (χ2n) is 7.19. The molecule has 4 rings (SSSR count). The number of aromatic nitrogens is 2. The maximum Gasteiger partial charge on any atom is 0.225 e. The number of aromatic amines is 1. The summed E-state index contributed by atoms with van der Waals surface area (Å²) in [7, 11) is 0. The van der Waals surface area contributed by atoms with E-state index in [9.17, 15) is 18.7 Å². The molecule has 158 valence electrons. The number of rotatable bonds is 6. The van der Waals surface area contributed by atoms with E-state index < -0.39 is 17.7 Å². The van der Waals surface area contributed by atoms with E-state index >= 15 is 0 Å². The second-order valence-corrected chi connectivity index (χ2v) is 8.05. The molecule has 1 unspecified atom stereocenters. The lowest BCUT2D eigenvalue weighted by molar-refractivity contribution is -0.121. The molecule has 0 saturated heterocycles. The predicted molar refractivity (Wildman–Crippen MR) is 117 cm³/mol. The van der Waals surface area contributed by atoms with E-state index in [-0.39, 0.29) is 24.5 Å². The van der Waals surface area contributed by atoms with Gasteiger partial charge in [0.15, 0.2) is 0 Å². The van der Waals surface area contributed by atoms with Crippen LogP contribution >= 0.6 is 15.9 Å². The highest BCUT2D eigenvalue weighted by Crippen LogP contribution is 2.26. The zero-order valence-corrected chi connectivity index (χ0v) is 17.8. The highest BCUT2D eigenvalue weighted by atomic mass is 79.9. The van der Waals surface area contributed by atoms with Crippen LogP contribution in [0.5, 0.6) is 5.75 Å². The first-order valence-corrected chi connectivity index (χ1v) is 10.3. The summed E-state index contributed by atoms with van der Waals surface area (Å²) in [5, 5.41) is 13.4. The van der Waals surface area contributed by atoms with Crippen LogP contribution in [0, 0.1) is 11.6 Å². The van der Waals surface area contributed by atoms with Gasteiger partial charge in [-0.3, -0.25) is 9.78 Å². The Kier molecular flexibility index (Phi) is 5.99. The Balaban J connectivity index is 1.59. The van der Waals surface area contributed by atoms with Gasteiger partial charge in [0.2, 0.25) is 5.91 Å². The molecule has 1 amide bonds. The van der Waals surface area contributed by atoms with Crippen molar-refractivity contribution >= 4 is 32.7 Å². The van der Waals surface area contributed by atoms with Crippen LogP contribution in [0.15, 0.2) is 65.4 Å². The average Bonchev–Trinajstić information content (AvgIpc) is 3.09. The number of pyridine rings is 1. The number of halogens is 3. The maximum atomic E-state index is 13.7. The minimum absolute atomic E-state index is 0.0575. The van der Waals surface area contributed by atoms with E-state index in [2.05, 4.69) is 31.2 Å². The SMILES string of the molecule is O=C(Cc1c[nH]c2ccc(O)cc12)NC(Cc1cc(F)cc(F)c1)c1ncccc1Br. The summed E-state index contributed by atoms with van der Waals surface area (Å²) in [5.74, 6) is -1.54. The van der Waals surface area contributed by atoms with Crippen molar-refractivity contribution in [1.29, 1.82) is 0 Å². The average molecular weight is 486 g/mol. The fourth-order valence-electron chi connectivity index (χ4n) is 3.57. The van der Waals surface area contributed by atoms with Crippen molar-refractivity contribution in [3.05, 3.63) is 93.9 Å². The fraction of sp³-hybridized carbons (Fsp3) is 0.130. The zero-order chi connectivity index (χ0) is 22.0. The number of phenols is 1. The van der Waals surface area contributed by atoms with Gasteiger partial charge in [-0.1, -0.05) is 0 Å². The third-order valence-electron chi connectivity index (χ3n) is 4.92. The third kappa shape index (κ3) is 4.91. The molecule has 2 aromatic heterocycles. The molecule has 5 nitrogen and oxygen atoms in total. The second kappa shape index (κ2) is 8.85. The summed E-state index contributed by atoms with van der Waals surface area (Å²) in [4.78, 5) is 20.3. The number of carbonyl (C=O) groups is 1.